The summed E-state index contributed by atoms with van der Waals surface area (Å²) in [6.07, 6.45) is -3.34. The van der Waals surface area contributed by atoms with Crippen LogP contribution < -0.4 is 4.90 Å². The van der Waals surface area contributed by atoms with Crippen LogP contribution in [0.5, 0.6) is 0 Å². The summed E-state index contributed by atoms with van der Waals surface area (Å²) in [4.78, 5) is 6.01. The number of anilines is 1. The van der Waals surface area contributed by atoms with Gasteiger partial charge >= 0.3 is 6.36 Å². The number of alkyl halides is 3. The molecule has 1 aromatic rings. The summed E-state index contributed by atoms with van der Waals surface area (Å²) in [6.45, 7) is 2.66. The second-order valence-corrected chi connectivity index (χ2v) is 4.06. The maximum Gasteiger partial charge on any atom is 0.522 e. The Balaban J connectivity index is 2.01. The Bertz CT molecular complexity index is 395. The molecule has 0 saturated carbocycles. The minimum atomic E-state index is -4.56. The number of aryl methyl sites for hydroxylation is 1. The first-order chi connectivity index (χ1) is 7.96. The zero-order valence-corrected chi connectivity index (χ0v) is 9.37. The van der Waals surface area contributed by atoms with E-state index in [0.29, 0.717) is 13.0 Å². The second-order valence-electron chi connectivity index (χ2n) is 4.06. The van der Waals surface area contributed by atoms with Crippen molar-refractivity contribution >= 4 is 5.82 Å². The highest BCUT2D eigenvalue weighted by Gasteiger charge is 2.37. The van der Waals surface area contributed by atoms with Crippen molar-refractivity contribution in [2.45, 2.75) is 25.8 Å². The monoisotopic (exact) mass is 246 g/mol. The number of aromatic nitrogens is 1. The van der Waals surface area contributed by atoms with Crippen molar-refractivity contribution in [1.82, 2.24) is 4.98 Å². The second kappa shape index (κ2) is 4.52. The van der Waals surface area contributed by atoms with E-state index in [4.69, 9.17) is 0 Å². The number of ether oxygens (including phenoxy) is 1. The molecule has 1 atom stereocenters. The fourth-order valence-electron chi connectivity index (χ4n) is 2.01. The number of hydrogen-bond donors (Lipinski definition) is 0. The van der Waals surface area contributed by atoms with Crippen LogP contribution >= 0.6 is 0 Å². The first-order valence-electron chi connectivity index (χ1n) is 5.37. The molecule has 94 valence electrons. The highest BCUT2D eigenvalue weighted by atomic mass is 19.4. The average molecular weight is 246 g/mol. The molecule has 6 heteroatoms. The van der Waals surface area contributed by atoms with E-state index >= 15 is 0 Å². The van der Waals surface area contributed by atoms with E-state index in [0.717, 1.165) is 11.4 Å². The van der Waals surface area contributed by atoms with Gasteiger partial charge in [-0.25, -0.2) is 4.98 Å². The normalized spacial score (nSPS) is 20.9. The van der Waals surface area contributed by atoms with Gasteiger partial charge in [0.2, 0.25) is 0 Å². The van der Waals surface area contributed by atoms with Gasteiger partial charge in [-0.3, -0.25) is 4.74 Å². The maximum absolute atomic E-state index is 12.1. The number of pyridine rings is 1. The van der Waals surface area contributed by atoms with Crippen LogP contribution in [0.2, 0.25) is 0 Å². The third-order valence-electron chi connectivity index (χ3n) is 2.73. The highest BCUT2D eigenvalue weighted by molar-refractivity contribution is 5.46. The van der Waals surface area contributed by atoms with Crippen molar-refractivity contribution in [2.24, 2.45) is 0 Å². The van der Waals surface area contributed by atoms with Crippen molar-refractivity contribution in [3.8, 4) is 0 Å². The summed E-state index contributed by atoms with van der Waals surface area (Å²) in [5.41, 5.74) is 0.958. The third-order valence-corrected chi connectivity index (χ3v) is 2.73. The smallest absolute Gasteiger partial charge is 0.354 e. The zero-order valence-electron chi connectivity index (χ0n) is 9.37. The van der Waals surface area contributed by atoms with Gasteiger partial charge in [0.25, 0.3) is 0 Å². The van der Waals surface area contributed by atoms with Gasteiger partial charge in [0, 0.05) is 19.3 Å². The Hall–Kier alpha value is -1.30. The van der Waals surface area contributed by atoms with Crippen molar-refractivity contribution in [3.05, 3.63) is 23.9 Å². The lowest BCUT2D eigenvalue weighted by Crippen LogP contribution is -2.28. The number of hydrogen-bond acceptors (Lipinski definition) is 3. The van der Waals surface area contributed by atoms with Crippen LogP contribution in [0.25, 0.3) is 0 Å². The van der Waals surface area contributed by atoms with Crippen LogP contribution in [0.1, 0.15) is 12.0 Å². The van der Waals surface area contributed by atoms with E-state index in [-0.39, 0.29) is 6.54 Å². The molecule has 1 aliphatic heterocycles. The molecule has 1 aliphatic rings. The number of nitrogens with zero attached hydrogens (tertiary/aromatic N) is 2. The molecule has 1 unspecified atom stereocenters. The van der Waals surface area contributed by atoms with Gasteiger partial charge in [0.15, 0.2) is 0 Å². The van der Waals surface area contributed by atoms with Crippen molar-refractivity contribution in [3.63, 3.8) is 0 Å². The SMILES string of the molecule is Cc1cccnc1N1CCC(OC(F)(F)F)C1. The minimum Gasteiger partial charge on any atom is -0.354 e. The Morgan fingerprint density at radius 3 is 2.88 bits per heavy atom. The van der Waals surface area contributed by atoms with Gasteiger partial charge < -0.3 is 4.90 Å². The molecule has 0 bridgehead atoms. The van der Waals surface area contributed by atoms with Gasteiger partial charge in [-0.15, -0.1) is 13.2 Å². The minimum absolute atomic E-state index is 0.233. The summed E-state index contributed by atoms with van der Waals surface area (Å²) in [5, 5.41) is 0. The van der Waals surface area contributed by atoms with Crippen LogP contribution in [0, 0.1) is 6.92 Å². The van der Waals surface area contributed by atoms with Crippen LogP contribution in [0.15, 0.2) is 18.3 Å². The van der Waals surface area contributed by atoms with E-state index < -0.39 is 12.5 Å². The van der Waals surface area contributed by atoms with Gasteiger partial charge in [0.05, 0.1) is 6.10 Å². The molecular formula is C11H13F3N2O. The zero-order chi connectivity index (χ0) is 12.5. The first-order valence-corrected chi connectivity index (χ1v) is 5.37. The van der Waals surface area contributed by atoms with Gasteiger partial charge in [-0.05, 0) is 25.0 Å². The topological polar surface area (TPSA) is 25.4 Å². The van der Waals surface area contributed by atoms with E-state index in [1.165, 1.54) is 0 Å². The standard InChI is InChI=1S/C11H13F3N2O/c1-8-3-2-5-15-10(8)16-6-4-9(7-16)17-11(12,13)14/h2-3,5,9H,4,6-7H2,1H3. The maximum atomic E-state index is 12.1. The van der Waals surface area contributed by atoms with E-state index in [1.54, 1.807) is 12.3 Å². The average Bonchev–Trinajstić information content (AvgIpc) is 2.64. The molecule has 0 spiro atoms. The largest absolute Gasteiger partial charge is 0.522 e. The Labute approximate surface area is 97.2 Å². The molecule has 3 nitrogen and oxygen atoms in total. The number of rotatable bonds is 2. The molecule has 1 fully saturated rings. The lowest BCUT2D eigenvalue weighted by Gasteiger charge is -2.19. The summed E-state index contributed by atoms with van der Waals surface area (Å²) in [5.74, 6) is 0.737. The van der Waals surface area contributed by atoms with Gasteiger partial charge in [-0.2, -0.15) is 0 Å². The predicted molar refractivity (Wildman–Crippen MR) is 56.7 cm³/mol. The number of halogens is 3. The summed E-state index contributed by atoms with van der Waals surface area (Å²) >= 11 is 0. The molecule has 0 amide bonds. The summed E-state index contributed by atoms with van der Waals surface area (Å²) in [7, 11) is 0. The first kappa shape index (κ1) is 12.2. The lowest BCUT2D eigenvalue weighted by molar-refractivity contribution is -0.339. The Kier molecular flexibility index (Phi) is 3.24. The summed E-state index contributed by atoms with van der Waals surface area (Å²) in [6, 6.07) is 3.69. The van der Waals surface area contributed by atoms with E-state index in [1.807, 2.05) is 17.9 Å². The van der Waals surface area contributed by atoms with E-state index in [2.05, 4.69) is 9.72 Å². The molecule has 1 aromatic heterocycles. The van der Waals surface area contributed by atoms with Gasteiger partial charge in [0.1, 0.15) is 5.82 Å². The molecule has 1 saturated heterocycles. The predicted octanol–water partition coefficient (Wildman–Crippen LogP) is 2.51. The van der Waals surface area contributed by atoms with Gasteiger partial charge in [-0.1, -0.05) is 6.07 Å². The van der Waals surface area contributed by atoms with Crippen molar-refractivity contribution in [2.75, 3.05) is 18.0 Å². The van der Waals surface area contributed by atoms with Crippen LogP contribution in [-0.4, -0.2) is 30.5 Å². The molecule has 17 heavy (non-hydrogen) atoms. The molecule has 0 radical (unpaired) electrons. The van der Waals surface area contributed by atoms with Crippen molar-refractivity contribution in [1.29, 1.82) is 0 Å². The highest BCUT2D eigenvalue weighted by Crippen LogP contribution is 2.27. The van der Waals surface area contributed by atoms with E-state index in [9.17, 15) is 13.2 Å². The lowest BCUT2D eigenvalue weighted by atomic mass is 10.3. The fraction of sp³-hybridized carbons (Fsp3) is 0.545. The molecule has 2 rings (SSSR count). The fourth-order valence-corrected chi connectivity index (χ4v) is 2.01. The summed E-state index contributed by atoms with van der Waals surface area (Å²) < 4.78 is 40.2. The van der Waals surface area contributed by atoms with Crippen LogP contribution in [-0.2, 0) is 4.74 Å². The molecule has 2 heterocycles. The Morgan fingerprint density at radius 2 is 2.24 bits per heavy atom. The molecule has 0 N–H and O–H groups in total. The Morgan fingerprint density at radius 1 is 1.47 bits per heavy atom. The molecular weight excluding hydrogens is 233 g/mol. The van der Waals surface area contributed by atoms with Crippen LogP contribution in [0.3, 0.4) is 0 Å². The quantitative estimate of drug-likeness (QED) is 0.801. The third kappa shape index (κ3) is 3.09. The van der Waals surface area contributed by atoms with Crippen LogP contribution in [0.4, 0.5) is 19.0 Å². The molecule has 0 aliphatic carbocycles. The van der Waals surface area contributed by atoms with Crippen molar-refractivity contribution < 1.29 is 17.9 Å². The molecule has 0 aromatic carbocycles.